The molecule has 0 atom stereocenters. The molecule has 0 amide bonds. The Morgan fingerprint density at radius 2 is 2.36 bits per heavy atom. The van der Waals surface area contributed by atoms with Gasteiger partial charge in [0.15, 0.2) is 16.3 Å². The Kier molecular flexibility index (Phi) is 2.85. The smallest absolute Gasteiger partial charge is 0.172 e. The third kappa shape index (κ3) is 1.69. The number of aldehydes is 1. The molecule has 0 radical (unpaired) electrons. The number of carbonyl (C=O) groups excluding carboxylic acids is 1. The molecule has 0 saturated carbocycles. The molecule has 72 valence electrons. The number of carbonyl (C=O) groups is 1. The van der Waals surface area contributed by atoms with E-state index in [1.54, 1.807) is 23.1 Å². The molecular formula is C8H5BrN2OS2. The fourth-order valence-corrected chi connectivity index (χ4v) is 3.03. The largest absolute Gasteiger partial charge is 0.296 e. The highest BCUT2D eigenvalue weighted by atomic mass is 79.9. The van der Waals surface area contributed by atoms with Crippen molar-refractivity contribution >= 4 is 55.7 Å². The van der Waals surface area contributed by atoms with Crippen LogP contribution in [-0.2, 0) is 0 Å². The van der Waals surface area contributed by atoms with E-state index in [9.17, 15) is 4.79 Å². The molecule has 0 fully saturated rings. The van der Waals surface area contributed by atoms with Crippen LogP contribution >= 0.6 is 39.0 Å². The van der Waals surface area contributed by atoms with Crippen molar-refractivity contribution in [3.05, 3.63) is 16.2 Å². The number of pyridine rings is 1. The van der Waals surface area contributed by atoms with Crippen molar-refractivity contribution < 1.29 is 4.79 Å². The Morgan fingerprint density at radius 3 is 3.00 bits per heavy atom. The molecule has 2 heterocycles. The summed E-state index contributed by atoms with van der Waals surface area (Å²) in [5, 5.41) is 0. The molecule has 2 aromatic rings. The molecule has 0 aliphatic rings. The second-order valence-electron chi connectivity index (χ2n) is 2.48. The van der Waals surface area contributed by atoms with E-state index < -0.39 is 0 Å². The molecule has 2 rings (SSSR count). The lowest BCUT2D eigenvalue weighted by molar-refractivity contribution is 0.111. The predicted octanol–water partition coefficient (Wildman–Crippen LogP) is 2.99. The number of thioether (sulfide) groups is 1. The first-order valence-electron chi connectivity index (χ1n) is 3.71. The molecule has 0 bridgehead atoms. The third-order valence-electron chi connectivity index (χ3n) is 1.63. The lowest BCUT2D eigenvalue weighted by atomic mass is 10.4. The van der Waals surface area contributed by atoms with Crippen LogP contribution in [0.25, 0.3) is 10.3 Å². The topological polar surface area (TPSA) is 42.9 Å². The van der Waals surface area contributed by atoms with Gasteiger partial charge in [-0.1, -0.05) is 11.8 Å². The zero-order chi connectivity index (χ0) is 10.1. The Labute approximate surface area is 97.1 Å². The van der Waals surface area contributed by atoms with Crippen molar-refractivity contribution in [1.82, 2.24) is 9.97 Å². The van der Waals surface area contributed by atoms with E-state index in [2.05, 4.69) is 25.9 Å². The molecule has 0 N–H and O–H groups in total. The normalized spacial score (nSPS) is 10.7. The molecule has 3 nitrogen and oxygen atoms in total. The second-order valence-corrected chi connectivity index (χ2v) is 5.42. The van der Waals surface area contributed by atoms with Gasteiger partial charge in [-0.2, -0.15) is 0 Å². The van der Waals surface area contributed by atoms with Crippen molar-refractivity contribution in [3.63, 3.8) is 0 Å². The molecular weight excluding hydrogens is 284 g/mol. The summed E-state index contributed by atoms with van der Waals surface area (Å²) in [7, 11) is 0. The number of rotatable bonds is 2. The number of thiazole rings is 1. The van der Waals surface area contributed by atoms with Gasteiger partial charge in [-0.15, -0.1) is 11.3 Å². The van der Waals surface area contributed by atoms with Crippen LogP contribution in [0.4, 0.5) is 0 Å². The predicted molar refractivity (Wildman–Crippen MR) is 62.3 cm³/mol. The molecule has 2 aromatic heterocycles. The van der Waals surface area contributed by atoms with Gasteiger partial charge >= 0.3 is 0 Å². The van der Waals surface area contributed by atoms with Crippen molar-refractivity contribution in [2.24, 2.45) is 0 Å². The summed E-state index contributed by atoms with van der Waals surface area (Å²) in [5.41, 5.74) is 1.04. The maximum absolute atomic E-state index is 10.6. The molecule has 0 unspecified atom stereocenters. The van der Waals surface area contributed by atoms with E-state index in [0.717, 1.165) is 19.8 Å². The maximum Gasteiger partial charge on any atom is 0.172 e. The minimum atomic E-state index is 0.399. The quantitative estimate of drug-likeness (QED) is 0.629. The van der Waals surface area contributed by atoms with Gasteiger partial charge in [0.1, 0.15) is 5.69 Å². The first-order chi connectivity index (χ1) is 6.74. The average molecular weight is 289 g/mol. The molecule has 6 heteroatoms. The van der Waals surface area contributed by atoms with Crippen LogP contribution in [0.3, 0.4) is 0 Å². The SMILES string of the molecule is CSc1nc2nc(C=O)c(Br)cc2s1. The number of hydrogen-bond donors (Lipinski definition) is 0. The lowest BCUT2D eigenvalue weighted by Gasteiger charge is -1.93. The van der Waals surface area contributed by atoms with Crippen LogP contribution in [0.1, 0.15) is 10.5 Å². The summed E-state index contributed by atoms with van der Waals surface area (Å²) in [6.45, 7) is 0. The minimum absolute atomic E-state index is 0.399. The van der Waals surface area contributed by atoms with Gasteiger partial charge in [-0.25, -0.2) is 9.97 Å². The van der Waals surface area contributed by atoms with E-state index in [-0.39, 0.29) is 0 Å². The van der Waals surface area contributed by atoms with Gasteiger partial charge < -0.3 is 0 Å². The van der Waals surface area contributed by atoms with E-state index in [0.29, 0.717) is 11.3 Å². The summed E-state index contributed by atoms with van der Waals surface area (Å²) < 4.78 is 2.67. The highest BCUT2D eigenvalue weighted by Crippen LogP contribution is 2.29. The van der Waals surface area contributed by atoms with Crippen molar-refractivity contribution in [1.29, 1.82) is 0 Å². The highest BCUT2D eigenvalue weighted by Gasteiger charge is 2.08. The fourth-order valence-electron chi connectivity index (χ4n) is 1.00. The van der Waals surface area contributed by atoms with E-state index in [1.165, 1.54) is 0 Å². The van der Waals surface area contributed by atoms with Crippen molar-refractivity contribution in [2.75, 3.05) is 6.26 Å². The van der Waals surface area contributed by atoms with Crippen LogP contribution in [-0.4, -0.2) is 22.5 Å². The van der Waals surface area contributed by atoms with Gasteiger partial charge in [-0.05, 0) is 28.3 Å². The maximum atomic E-state index is 10.6. The zero-order valence-corrected chi connectivity index (χ0v) is 10.4. The van der Waals surface area contributed by atoms with Crippen LogP contribution in [0.5, 0.6) is 0 Å². The van der Waals surface area contributed by atoms with Gasteiger partial charge in [0.25, 0.3) is 0 Å². The molecule has 0 spiro atoms. The molecule has 14 heavy (non-hydrogen) atoms. The van der Waals surface area contributed by atoms with Gasteiger partial charge in [0.05, 0.1) is 4.70 Å². The van der Waals surface area contributed by atoms with Gasteiger partial charge in [0.2, 0.25) is 0 Å². The minimum Gasteiger partial charge on any atom is -0.296 e. The highest BCUT2D eigenvalue weighted by molar-refractivity contribution is 9.10. The van der Waals surface area contributed by atoms with Crippen LogP contribution < -0.4 is 0 Å². The lowest BCUT2D eigenvalue weighted by Crippen LogP contribution is -1.88. The summed E-state index contributed by atoms with van der Waals surface area (Å²) in [4.78, 5) is 19.0. The standard InChI is InChI=1S/C8H5BrN2OS2/c1-13-8-11-7-6(14-8)2-4(9)5(3-12)10-7/h2-3H,1H3. The Balaban J connectivity index is 2.69. The second kappa shape index (κ2) is 3.96. The number of halogens is 1. The van der Waals surface area contributed by atoms with Crippen LogP contribution in [0.2, 0.25) is 0 Å². The monoisotopic (exact) mass is 288 g/mol. The molecule has 0 aliphatic heterocycles. The third-order valence-corrected chi connectivity index (χ3v) is 4.24. The molecule has 0 saturated heterocycles. The number of hydrogen-bond acceptors (Lipinski definition) is 5. The fraction of sp³-hybridized carbons (Fsp3) is 0.125. The number of fused-ring (bicyclic) bond motifs is 1. The van der Waals surface area contributed by atoms with Crippen molar-refractivity contribution in [2.45, 2.75) is 4.34 Å². The van der Waals surface area contributed by atoms with Crippen molar-refractivity contribution in [3.8, 4) is 0 Å². The summed E-state index contributed by atoms with van der Waals surface area (Å²) in [6, 6.07) is 1.88. The summed E-state index contributed by atoms with van der Waals surface area (Å²) in [5.74, 6) is 0. The molecule has 0 aromatic carbocycles. The first kappa shape index (κ1) is 10.1. The number of aromatic nitrogens is 2. The van der Waals surface area contributed by atoms with Gasteiger partial charge in [0, 0.05) is 4.47 Å². The first-order valence-corrected chi connectivity index (χ1v) is 6.54. The van der Waals surface area contributed by atoms with E-state index in [4.69, 9.17) is 0 Å². The Hall–Kier alpha value is -0.460. The molecule has 0 aliphatic carbocycles. The zero-order valence-electron chi connectivity index (χ0n) is 7.15. The van der Waals surface area contributed by atoms with E-state index >= 15 is 0 Å². The van der Waals surface area contributed by atoms with Crippen LogP contribution in [0, 0.1) is 0 Å². The summed E-state index contributed by atoms with van der Waals surface area (Å²) >= 11 is 6.44. The number of nitrogens with zero attached hydrogens (tertiary/aromatic N) is 2. The van der Waals surface area contributed by atoms with Gasteiger partial charge in [-0.3, -0.25) is 4.79 Å². The average Bonchev–Trinajstić information content (AvgIpc) is 2.58. The van der Waals surface area contributed by atoms with E-state index in [1.807, 2.05) is 12.3 Å². The Bertz CT molecular complexity index is 497. The van der Waals surface area contributed by atoms with Crippen LogP contribution in [0.15, 0.2) is 14.9 Å². The summed E-state index contributed by atoms with van der Waals surface area (Å²) in [6.07, 6.45) is 2.69. The Morgan fingerprint density at radius 1 is 1.57 bits per heavy atom.